The van der Waals surface area contributed by atoms with Gasteiger partial charge in [-0.2, -0.15) is 4.39 Å². The van der Waals surface area contributed by atoms with Crippen molar-refractivity contribution in [2.45, 2.75) is 6.61 Å². The molecule has 1 heterocycles. The lowest BCUT2D eigenvalue weighted by molar-refractivity contribution is 0.283. The van der Waals surface area contributed by atoms with Crippen LogP contribution in [0.4, 0.5) is 4.39 Å². The number of halogens is 1. The lowest BCUT2D eigenvalue weighted by Crippen LogP contribution is -1.94. The number of para-hydroxylation sites is 1. The van der Waals surface area contributed by atoms with Crippen LogP contribution in [0.5, 0.6) is 0 Å². The zero-order chi connectivity index (χ0) is 9.42. The molecule has 0 saturated heterocycles. The van der Waals surface area contributed by atoms with Gasteiger partial charge in [0.15, 0.2) is 0 Å². The molecule has 0 aliphatic carbocycles. The van der Waals surface area contributed by atoms with E-state index in [4.69, 9.17) is 5.11 Å². The highest BCUT2D eigenvalue weighted by molar-refractivity contribution is 5.82. The molecule has 0 amide bonds. The van der Waals surface area contributed by atoms with Gasteiger partial charge < -0.3 is 5.11 Å². The molecular weight excluding hydrogens is 171 g/mol. The van der Waals surface area contributed by atoms with E-state index in [2.05, 4.69) is 5.10 Å². The van der Waals surface area contributed by atoms with Gasteiger partial charge in [0.05, 0.1) is 17.5 Å². The number of rotatable bonds is 1. The highest BCUT2D eigenvalue weighted by atomic mass is 19.1. The maximum atomic E-state index is 13.1. The fraction of sp³-hybridized carbons (Fsp3) is 0.222. The smallest absolute Gasteiger partial charge is 0.240 e. The van der Waals surface area contributed by atoms with Crippen molar-refractivity contribution in [1.29, 1.82) is 0 Å². The summed E-state index contributed by atoms with van der Waals surface area (Å²) in [6.07, 6.45) is 0. The highest BCUT2D eigenvalue weighted by Crippen LogP contribution is 2.20. The number of aliphatic hydroxyl groups excluding tert-OH is 1. The van der Waals surface area contributed by atoms with Crippen molar-refractivity contribution in [3.8, 4) is 0 Å². The second kappa shape index (κ2) is 2.81. The van der Waals surface area contributed by atoms with E-state index in [1.807, 2.05) is 0 Å². The van der Waals surface area contributed by atoms with Crippen LogP contribution in [0.3, 0.4) is 0 Å². The van der Waals surface area contributed by atoms with E-state index < -0.39 is 5.95 Å². The Balaban J connectivity index is 2.88. The molecule has 4 heteroatoms. The van der Waals surface area contributed by atoms with E-state index in [0.717, 1.165) is 0 Å². The minimum atomic E-state index is -0.493. The topological polar surface area (TPSA) is 38.0 Å². The summed E-state index contributed by atoms with van der Waals surface area (Å²) in [5.74, 6) is -0.493. The van der Waals surface area contributed by atoms with Crippen LogP contribution in [0.15, 0.2) is 18.2 Å². The minimum absolute atomic E-state index is 0.101. The first-order valence-corrected chi connectivity index (χ1v) is 3.95. The summed E-state index contributed by atoms with van der Waals surface area (Å²) < 4.78 is 14.6. The number of aryl methyl sites for hydroxylation is 1. The van der Waals surface area contributed by atoms with Crippen LogP contribution in [0.2, 0.25) is 0 Å². The van der Waals surface area contributed by atoms with Crippen molar-refractivity contribution in [3.05, 3.63) is 29.7 Å². The van der Waals surface area contributed by atoms with Crippen LogP contribution in [0.1, 0.15) is 5.56 Å². The van der Waals surface area contributed by atoms with Gasteiger partial charge in [-0.05, 0) is 6.07 Å². The molecule has 2 rings (SSSR count). The Hall–Kier alpha value is -1.42. The number of hydrogen-bond donors (Lipinski definition) is 1. The number of hydrogen-bond acceptors (Lipinski definition) is 2. The van der Waals surface area contributed by atoms with Crippen molar-refractivity contribution < 1.29 is 9.50 Å². The van der Waals surface area contributed by atoms with E-state index in [0.29, 0.717) is 16.5 Å². The Bertz CT molecular complexity index is 450. The van der Waals surface area contributed by atoms with Crippen molar-refractivity contribution >= 4 is 10.9 Å². The Morgan fingerprint density at radius 1 is 1.54 bits per heavy atom. The summed E-state index contributed by atoms with van der Waals surface area (Å²) in [6, 6.07) is 5.11. The largest absolute Gasteiger partial charge is 0.392 e. The maximum absolute atomic E-state index is 13.1. The molecule has 0 spiro atoms. The fourth-order valence-corrected chi connectivity index (χ4v) is 1.50. The van der Waals surface area contributed by atoms with Gasteiger partial charge in [-0.3, -0.25) is 4.68 Å². The lowest BCUT2D eigenvalue weighted by atomic mass is 10.1. The molecule has 0 bridgehead atoms. The third-order valence-corrected chi connectivity index (χ3v) is 2.07. The monoisotopic (exact) mass is 180 g/mol. The van der Waals surface area contributed by atoms with Gasteiger partial charge in [0.25, 0.3) is 0 Å². The van der Waals surface area contributed by atoms with Gasteiger partial charge in [0.2, 0.25) is 5.95 Å². The second-order valence-electron chi connectivity index (χ2n) is 2.89. The van der Waals surface area contributed by atoms with Gasteiger partial charge in [-0.1, -0.05) is 12.1 Å². The first-order chi connectivity index (χ1) is 6.24. The van der Waals surface area contributed by atoms with Crippen LogP contribution in [0.25, 0.3) is 10.9 Å². The van der Waals surface area contributed by atoms with Crippen LogP contribution in [-0.2, 0) is 13.7 Å². The molecular formula is C9H9FN2O. The molecule has 0 saturated carbocycles. The Kier molecular flexibility index (Phi) is 1.77. The van der Waals surface area contributed by atoms with Crippen LogP contribution in [-0.4, -0.2) is 14.9 Å². The Morgan fingerprint density at radius 2 is 2.31 bits per heavy atom. The van der Waals surface area contributed by atoms with E-state index in [9.17, 15) is 4.39 Å². The summed E-state index contributed by atoms with van der Waals surface area (Å²) in [6.45, 7) is -0.101. The van der Waals surface area contributed by atoms with Gasteiger partial charge in [0, 0.05) is 12.6 Å². The molecule has 0 atom stereocenters. The third-order valence-electron chi connectivity index (χ3n) is 2.07. The SMILES string of the molecule is Cn1nc(F)c2cccc(CO)c21. The number of benzene rings is 1. The van der Waals surface area contributed by atoms with E-state index >= 15 is 0 Å². The molecule has 3 nitrogen and oxygen atoms in total. The van der Waals surface area contributed by atoms with Crippen LogP contribution in [0, 0.1) is 5.95 Å². The summed E-state index contributed by atoms with van der Waals surface area (Å²) >= 11 is 0. The number of nitrogens with zero attached hydrogens (tertiary/aromatic N) is 2. The molecule has 0 aliphatic rings. The second-order valence-corrected chi connectivity index (χ2v) is 2.89. The van der Waals surface area contributed by atoms with Crippen molar-refractivity contribution in [3.63, 3.8) is 0 Å². The van der Waals surface area contributed by atoms with Gasteiger partial charge in [-0.25, -0.2) is 0 Å². The lowest BCUT2D eigenvalue weighted by Gasteiger charge is -1.99. The van der Waals surface area contributed by atoms with Crippen molar-refractivity contribution in [2.75, 3.05) is 0 Å². The third kappa shape index (κ3) is 1.10. The number of fused-ring (bicyclic) bond motifs is 1. The zero-order valence-electron chi connectivity index (χ0n) is 7.16. The summed E-state index contributed by atoms with van der Waals surface area (Å²) in [5.41, 5.74) is 1.35. The van der Waals surface area contributed by atoms with Gasteiger partial charge >= 0.3 is 0 Å². The average molecular weight is 180 g/mol. The summed E-state index contributed by atoms with van der Waals surface area (Å²) in [7, 11) is 1.66. The minimum Gasteiger partial charge on any atom is -0.392 e. The first kappa shape index (κ1) is 8.19. The van der Waals surface area contributed by atoms with E-state index in [1.54, 1.807) is 25.2 Å². The molecule has 0 unspecified atom stereocenters. The van der Waals surface area contributed by atoms with Crippen LogP contribution < -0.4 is 0 Å². The number of aliphatic hydroxyl groups is 1. The summed E-state index contributed by atoms with van der Waals surface area (Å²) in [4.78, 5) is 0. The van der Waals surface area contributed by atoms with E-state index in [-0.39, 0.29) is 6.61 Å². The average Bonchev–Trinajstić information content (AvgIpc) is 2.43. The Morgan fingerprint density at radius 3 is 3.00 bits per heavy atom. The quantitative estimate of drug-likeness (QED) is 0.716. The van der Waals surface area contributed by atoms with Gasteiger partial charge in [-0.15, -0.1) is 5.10 Å². The molecule has 1 aromatic heterocycles. The normalized spacial score (nSPS) is 11.0. The van der Waals surface area contributed by atoms with Gasteiger partial charge in [0.1, 0.15) is 0 Å². The molecule has 13 heavy (non-hydrogen) atoms. The molecule has 0 radical (unpaired) electrons. The van der Waals surface area contributed by atoms with Crippen LogP contribution >= 0.6 is 0 Å². The number of aromatic nitrogens is 2. The Labute approximate surface area is 74.4 Å². The highest BCUT2D eigenvalue weighted by Gasteiger charge is 2.10. The standard InChI is InChI=1S/C9H9FN2O/c1-12-8-6(5-13)3-2-4-7(8)9(10)11-12/h2-4,13H,5H2,1H3. The first-order valence-electron chi connectivity index (χ1n) is 3.95. The molecule has 68 valence electrons. The summed E-state index contributed by atoms with van der Waals surface area (Å²) in [5, 5.41) is 13.1. The van der Waals surface area contributed by atoms with E-state index in [1.165, 1.54) is 4.68 Å². The predicted octanol–water partition coefficient (Wildman–Crippen LogP) is 1.20. The van der Waals surface area contributed by atoms with Crippen molar-refractivity contribution in [1.82, 2.24) is 9.78 Å². The maximum Gasteiger partial charge on any atom is 0.240 e. The molecule has 0 fully saturated rings. The predicted molar refractivity (Wildman–Crippen MR) is 46.6 cm³/mol. The van der Waals surface area contributed by atoms with Crippen molar-refractivity contribution in [2.24, 2.45) is 7.05 Å². The fourth-order valence-electron chi connectivity index (χ4n) is 1.50. The molecule has 0 aliphatic heterocycles. The molecule has 2 aromatic rings. The molecule has 1 aromatic carbocycles. The molecule has 1 N–H and O–H groups in total. The zero-order valence-corrected chi connectivity index (χ0v) is 7.16.